The third kappa shape index (κ3) is 5.81. The van der Waals surface area contributed by atoms with E-state index in [0.29, 0.717) is 0 Å². The molecule has 0 unspecified atom stereocenters. The molecule has 5 nitrogen and oxygen atoms in total. The van der Waals surface area contributed by atoms with Crippen LogP contribution in [0.15, 0.2) is 30.0 Å². The molecule has 0 saturated carbocycles. The van der Waals surface area contributed by atoms with Gasteiger partial charge in [-0.2, -0.15) is 18.4 Å². The zero-order valence-corrected chi connectivity index (χ0v) is 12.8. The molecular weight excluding hydrogens is 335 g/mol. The highest BCUT2D eigenvalue weighted by atomic mass is 35.5. The molecule has 0 aromatic heterocycles. The molecule has 0 atom stereocenters. The number of halogens is 4. The molecule has 124 valence electrons. The standard InChI is InChI=1S/C14H13ClF3N3O2/c1-23-5-4-20-13(22)9(7-19)8-21-10-2-3-12(15)11(6-10)14(16,17)18/h2-3,6,8,21H,4-5H2,1H3,(H,20,22)/b9-8-. The van der Waals surface area contributed by atoms with Crippen molar-refractivity contribution in [2.45, 2.75) is 6.18 Å². The summed E-state index contributed by atoms with van der Waals surface area (Å²) >= 11 is 5.50. The average Bonchev–Trinajstić information content (AvgIpc) is 2.48. The van der Waals surface area contributed by atoms with E-state index < -0.39 is 22.7 Å². The number of rotatable bonds is 6. The predicted octanol–water partition coefficient (Wildman–Crippen LogP) is 2.94. The zero-order valence-electron chi connectivity index (χ0n) is 12.0. The molecule has 2 N–H and O–H groups in total. The van der Waals surface area contributed by atoms with Crippen LogP contribution >= 0.6 is 11.6 Å². The lowest BCUT2D eigenvalue weighted by Crippen LogP contribution is -2.28. The van der Waals surface area contributed by atoms with Gasteiger partial charge in [0.1, 0.15) is 11.6 Å². The fourth-order valence-corrected chi connectivity index (χ4v) is 1.72. The number of benzene rings is 1. The fourth-order valence-electron chi connectivity index (χ4n) is 1.50. The van der Waals surface area contributed by atoms with Crippen LogP contribution in [0.3, 0.4) is 0 Å². The Morgan fingerprint density at radius 1 is 1.48 bits per heavy atom. The van der Waals surface area contributed by atoms with Crippen LogP contribution in [0.2, 0.25) is 5.02 Å². The van der Waals surface area contributed by atoms with E-state index in [0.717, 1.165) is 18.3 Å². The first-order valence-corrected chi connectivity index (χ1v) is 6.68. The Bertz CT molecular complexity index is 639. The molecule has 23 heavy (non-hydrogen) atoms. The molecule has 0 aliphatic carbocycles. The Labute approximate surface area is 135 Å². The Morgan fingerprint density at radius 2 is 2.17 bits per heavy atom. The summed E-state index contributed by atoms with van der Waals surface area (Å²) in [5, 5.41) is 13.4. The van der Waals surface area contributed by atoms with Crippen LogP contribution in [0.5, 0.6) is 0 Å². The lowest BCUT2D eigenvalue weighted by atomic mass is 10.2. The molecule has 0 spiro atoms. The second-order valence-corrected chi connectivity index (χ2v) is 4.66. The Hall–Kier alpha value is -2.24. The molecule has 1 amide bonds. The minimum absolute atomic E-state index is 0.0409. The zero-order chi connectivity index (χ0) is 17.5. The van der Waals surface area contributed by atoms with Crippen LogP contribution in [-0.2, 0) is 15.7 Å². The summed E-state index contributed by atoms with van der Waals surface area (Å²) in [5.41, 5.74) is -1.26. The molecular formula is C14H13ClF3N3O2. The first-order chi connectivity index (χ1) is 10.8. The highest BCUT2D eigenvalue weighted by Gasteiger charge is 2.33. The smallest absolute Gasteiger partial charge is 0.383 e. The van der Waals surface area contributed by atoms with Crippen LogP contribution in [0.4, 0.5) is 18.9 Å². The fraction of sp³-hybridized carbons (Fsp3) is 0.286. The van der Waals surface area contributed by atoms with Crippen molar-refractivity contribution in [1.82, 2.24) is 5.32 Å². The molecule has 1 aromatic carbocycles. The largest absolute Gasteiger partial charge is 0.417 e. The highest BCUT2D eigenvalue weighted by molar-refractivity contribution is 6.31. The number of nitrogens with one attached hydrogen (secondary N) is 2. The van der Waals surface area contributed by atoms with Crippen molar-refractivity contribution in [2.75, 3.05) is 25.6 Å². The third-order valence-electron chi connectivity index (χ3n) is 2.61. The highest BCUT2D eigenvalue weighted by Crippen LogP contribution is 2.36. The van der Waals surface area contributed by atoms with Crippen LogP contribution in [-0.4, -0.2) is 26.2 Å². The number of nitrogens with zero attached hydrogens (tertiary/aromatic N) is 1. The minimum Gasteiger partial charge on any atom is -0.383 e. The van der Waals surface area contributed by atoms with Gasteiger partial charge in [0.05, 0.1) is 17.2 Å². The van der Waals surface area contributed by atoms with Crippen molar-refractivity contribution >= 4 is 23.2 Å². The Balaban J connectivity index is 2.86. The van der Waals surface area contributed by atoms with Crippen molar-refractivity contribution in [3.8, 4) is 6.07 Å². The SMILES string of the molecule is COCCNC(=O)/C(C#N)=C\Nc1ccc(Cl)c(C(F)(F)F)c1. The maximum absolute atomic E-state index is 12.7. The molecule has 0 heterocycles. The second kappa shape index (κ2) is 8.41. The molecule has 0 bridgehead atoms. The van der Waals surface area contributed by atoms with E-state index in [1.54, 1.807) is 6.07 Å². The van der Waals surface area contributed by atoms with E-state index in [9.17, 15) is 18.0 Å². The van der Waals surface area contributed by atoms with Gasteiger partial charge < -0.3 is 15.4 Å². The van der Waals surface area contributed by atoms with Crippen LogP contribution in [0.25, 0.3) is 0 Å². The van der Waals surface area contributed by atoms with Gasteiger partial charge in [0.15, 0.2) is 0 Å². The predicted molar refractivity (Wildman–Crippen MR) is 78.7 cm³/mol. The van der Waals surface area contributed by atoms with Crippen molar-refractivity contribution in [2.24, 2.45) is 0 Å². The van der Waals surface area contributed by atoms with Crippen molar-refractivity contribution < 1.29 is 22.7 Å². The number of methoxy groups -OCH3 is 1. The van der Waals surface area contributed by atoms with Crippen LogP contribution < -0.4 is 10.6 Å². The number of hydrogen-bond acceptors (Lipinski definition) is 4. The lowest BCUT2D eigenvalue weighted by molar-refractivity contribution is -0.137. The number of nitriles is 1. The molecule has 0 aliphatic rings. The molecule has 9 heteroatoms. The van der Waals surface area contributed by atoms with Gasteiger partial charge in [-0.1, -0.05) is 11.6 Å². The number of anilines is 1. The number of amides is 1. The van der Waals surface area contributed by atoms with Gasteiger partial charge in [-0.05, 0) is 18.2 Å². The molecule has 1 rings (SSSR count). The van der Waals surface area contributed by atoms with E-state index >= 15 is 0 Å². The third-order valence-corrected chi connectivity index (χ3v) is 2.94. The number of alkyl halides is 3. The van der Waals surface area contributed by atoms with Gasteiger partial charge >= 0.3 is 6.18 Å². The van der Waals surface area contributed by atoms with Gasteiger partial charge in [-0.15, -0.1) is 0 Å². The number of carbonyl (C=O) groups is 1. The topological polar surface area (TPSA) is 74.1 Å². The summed E-state index contributed by atoms with van der Waals surface area (Å²) in [5.74, 6) is -0.665. The Morgan fingerprint density at radius 3 is 2.74 bits per heavy atom. The molecule has 0 aliphatic heterocycles. The second-order valence-electron chi connectivity index (χ2n) is 4.26. The van der Waals surface area contributed by atoms with Gasteiger partial charge in [-0.25, -0.2) is 0 Å². The molecule has 0 radical (unpaired) electrons. The maximum atomic E-state index is 12.7. The first kappa shape index (κ1) is 18.8. The van der Waals surface area contributed by atoms with Gasteiger partial charge in [-0.3, -0.25) is 4.79 Å². The summed E-state index contributed by atoms with van der Waals surface area (Å²) in [6.45, 7) is 0.470. The Kier molecular flexibility index (Phi) is 6.88. The summed E-state index contributed by atoms with van der Waals surface area (Å²) in [6.07, 6.45) is -3.58. The maximum Gasteiger partial charge on any atom is 0.417 e. The van der Waals surface area contributed by atoms with Gasteiger partial charge in [0.2, 0.25) is 0 Å². The molecule has 0 saturated heterocycles. The number of carbonyl (C=O) groups excluding carboxylic acids is 1. The minimum atomic E-state index is -4.60. The van der Waals surface area contributed by atoms with Gasteiger partial charge in [0.25, 0.3) is 5.91 Å². The average molecular weight is 348 g/mol. The summed E-state index contributed by atoms with van der Waals surface area (Å²) in [7, 11) is 1.45. The van der Waals surface area contributed by atoms with E-state index in [4.69, 9.17) is 21.6 Å². The van der Waals surface area contributed by atoms with Gasteiger partial charge in [0, 0.05) is 25.5 Å². The van der Waals surface area contributed by atoms with Crippen molar-refractivity contribution in [1.29, 1.82) is 5.26 Å². The summed E-state index contributed by atoms with van der Waals surface area (Å²) in [4.78, 5) is 11.7. The van der Waals surface area contributed by atoms with E-state index in [2.05, 4.69) is 10.6 Å². The van der Waals surface area contributed by atoms with E-state index in [1.165, 1.54) is 13.2 Å². The van der Waals surface area contributed by atoms with Crippen LogP contribution in [0.1, 0.15) is 5.56 Å². The summed E-state index contributed by atoms with van der Waals surface area (Å²) < 4.78 is 43.0. The van der Waals surface area contributed by atoms with Crippen molar-refractivity contribution in [3.63, 3.8) is 0 Å². The quantitative estimate of drug-likeness (QED) is 0.471. The lowest BCUT2D eigenvalue weighted by Gasteiger charge is -2.11. The molecule has 0 fully saturated rings. The number of hydrogen-bond donors (Lipinski definition) is 2. The van der Waals surface area contributed by atoms with Crippen LogP contribution in [0, 0.1) is 11.3 Å². The normalized spacial score (nSPS) is 11.7. The number of ether oxygens (including phenoxy) is 1. The summed E-state index contributed by atoms with van der Waals surface area (Å²) in [6, 6.07) is 4.81. The monoisotopic (exact) mass is 347 g/mol. The first-order valence-electron chi connectivity index (χ1n) is 6.30. The van der Waals surface area contributed by atoms with Crippen molar-refractivity contribution in [3.05, 3.63) is 40.6 Å². The van der Waals surface area contributed by atoms with E-state index in [1.807, 2.05) is 0 Å². The molecule has 1 aromatic rings. The van der Waals surface area contributed by atoms with E-state index in [-0.39, 0.29) is 24.4 Å².